The maximum absolute atomic E-state index is 8.36. The van der Waals surface area contributed by atoms with Gasteiger partial charge in [0.2, 0.25) is 0 Å². The summed E-state index contributed by atoms with van der Waals surface area (Å²) < 4.78 is 4.94. The van der Waals surface area contributed by atoms with Crippen molar-refractivity contribution in [2.75, 3.05) is 13.2 Å². The molecule has 1 fully saturated rings. The molecule has 0 unspecified atom stereocenters. The van der Waals surface area contributed by atoms with Crippen LogP contribution in [0.2, 0.25) is 0 Å². The molecule has 0 aliphatic carbocycles. The fraction of sp³-hybridized carbons (Fsp3) is 0.800. The quantitative estimate of drug-likeness (QED) is 0.478. The van der Waals surface area contributed by atoms with E-state index < -0.39 is 0 Å². The molecule has 0 spiro atoms. The lowest BCUT2D eigenvalue weighted by Crippen LogP contribution is -1.74. The van der Waals surface area contributed by atoms with Crippen molar-refractivity contribution in [3.63, 3.8) is 0 Å². The molecule has 9 heavy (non-hydrogen) atoms. The van der Waals surface area contributed by atoms with E-state index in [2.05, 4.69) is 0 Å². The Morgan fingerprint density at radius 3 is 1.78 bits per heavy atom. The van der Waals surface area contributed by atoms with Crippen LogP contribution in [0.25, 0.3) is 0 Å². The zero-order valence-electron chi connectivity index (χ0n) is 5.38. The van der Waals surface area contributed by atoms with Crippen LogP contribution in [0.5, 0.6) is 0 Å². The molecule has 0 aromatic heterocycles. The molecule has 0 aromatic carbocycles. The Balaban J connectivity index is 0. The first-order valence-electron chi connectivity index (χ1n) is 2.57. The van der Waals surface area contributed by atoms with Crippen molar-refractivity contribution < 1.29 is 14.6 Å². The van der Waals surface area contributed by atoms with Gasteiger partial charge in [-0.25, -0.2) is 0 Å². The highest BCUT2D eigenvalue weighted by Crippen LogP contribution is 1.98. The van der Waals surface area contributed by atoms with Gasteiger partial charge in [-0.3, -0.25) is 4.79 Å². The predicted octanol–water partition coefficient (Wildman–Crippen LogP) is 0.660. The first-order valence-corrected chi connectivity index (χ1v) is 2.57. The topological polar surface area (TPSA) is 81.5 Å². The Labute approximate surface area is 54.4 Å². The minimum atomic E-state index is -0.250. The minimum Gasteiger partial charge on any atom is -0.483 e. The van der Waals surface area contributed by atoms with Gasteiger partial charge in [0.15, 0.2) is 0 Å². The van der Waals surface area contributed by atoms with Gasteiger partial charge in [-0.15, -0.1) is 0 Å². The molecule has 0 radical (unpaired) electrons. The molecule has 0 bridgehead atoms. The highest BCUT2D eigenvalue weighted by molar-refractivity contribution is 5.32. The Morgan fingerprint density at radius 1 is 1.33 bits per heavy atom. The summed E-state index contributed by atoms with van der Waals surface area (Å²) in [6, 6.07) is 0. The van der Waals surface area contributed by atoms with Crippen molar-refractivity contribution in [3.05, 3.63) is 0 Å². The molecule has 1 saturated heterocycles. The molecule has 0 saturated carbocycles. The van der Waals surface area contributed by atoms with Gasteiger partial charge in [-0.05, 0) is 12.8 Å². The SMILES string of the molecule is C1CCOC1.N.O=CO. The van der Waals surface area contributed by atoms with Crippen LogP contribution in [0.15, 0.2) is 0 Å². The Morgan fingerprint density at radius 2 is 1.67 bits per heavy atom. The fourth-order valence-electron chi connectivity index (χ4n) is 0.510. The summed E-state index contributed by atoms with van der Waals surface area (Å²) in [7, 11) is 0. The van der Waals surface area contributed by atoms with Gasteiger partial charge in [0, 0.05) is 13.2 Å². The molecule has 56 valence electrons. The van der Waals surface area contributed by atoms with E-state index in [0.29, 0.717) is 0 Å². The zero-order chi connectivity index (χ0) is 6.24. The summed E-state index contributed by atoms with van der Waals surface area (Å²) in [5.41, 5.74) is 0. The van der Waals surface area contributed by atoms with Crippen molar-refractivity contribution in [1.82, 2.24) is 6.15 Å². The van der Waals surface area contributed by atoms with Crippen LogP contribution >= 0.6 is 0 Å². The molecule has 1 rings (SSSR count). The molecule has 0 atom stereocenters. The van der Waals surface area contributed by atoms with Gasteiger partial charge in [0.05, 0.1) is 0 Å². The van der Waals surface area contributed by atoms with Crippen LogP contribution in [0.1, 0.15) is 12.8 Å². The van der Waals surface area contributed by atoms with E-state index in [1.165, 1.54) is 12.8 Å². The lowest BCUT2D eigenvalue weighted by Gasteiger charge is -1.76. The number of hydrogen-bond acceptors (Lipinski definition) is 3. The molecule has 1 aliphatic heterocycles. The lowest BCUT2D eigenvalue weighted by molar-refractivity contribution is -0.122. The van der Waals surface area contributed by atoms with Crippen LogP contribution in [-0.2, 0) is 9.53 Å². The third-order valence-corrected chi connectivity index (χ3v) is 0.827. The molecular formula is C5H13NO3. The van der Waals surface area contributed by atoms with Crippen molar-refractivity contribution in [2.24, 2.45) is 0 Å². The van der Waals surface area contributed by atoms with E-state index in [1.807, 2.05) is 0 Å². The first-order chi connectivity index (χ1) is 3.91. The summed E-state index contributed by atoms with van der Waals surface area (Å²) in [4.78, 5) is 8.36. The zero-order valence-corrected chi connectivity index (χ0v) is 5.38. The van der Waals surface area contributed by atoms with Gasteiger partial charge < -0.3 is 16.0 Å². The Kier molecular flexibility index (Phi) is 13.0. The number of carbonyl (C=O) groups is 1. The third-order valence-electron chi connectivity index (χ3n) is 0.827. The second-order valence-electron chi connectivity index (χ2n) is 1.42. The van der Waals surface area contributed by atoms with Crippen molar-refractivity contribution >= 4 is 6.47 Å². The second kappa shape index (κ2) is 10.4. The summed E-state index contributed by atoms with van der Waals surface area (Å²) in [5.74, 6) is 0. The highest BCUT2D eigenvalue weighted by atomic mass is 16.5. The molecule has 1 aliphatic rings. The van der Waals surface area contributed by atoms with Gasteiger partial charge in [0.25, 0.3) is 6.47 Å². The molecule has 4 heteroatoms. The van der Waals surface area contributed by atoms with Crippen LogP contribution in [0.3, 0.4) is 0 Å². The summed E-state index contributed by atoms with van der Waals surface area (Å²) >= 11 is 0. The standard InChI is InChI=1S/C4H8O.CH2O2.H3N/c1-2-4-5-3-1;2-1-3;/h1-4H2;1H,(H,2,3);1H3. The van der Waals surface area contributed by atoms with Gasteiger partial charge >= 0.3 is 0 Å². The number of ether oxygens (including phenoxy) is 1. The molecule has 4 nitrogen and oxygen atoms in total. The third kappa shape index (κ3) is 11.1. The number of rotatable bonds is 0. The van der Waals surface area contributed by atoms with Crippen molar-refractivity contribution in [1.29, 1.82) is 0 Å². The highest BCUT2D eigenvalue weighted by Gasteiger charge is 1.94. The largest absolute Gasteiger partial charge is 0.483 e. The summed E-state index contributed by atoms with van der Waals surface area (Å²) in [6.07, 6.45) is 2.56. The molecule has 0 amide bonds. The van der Waals surface area contributed by atoms with Crippen molar-refractivity contribution in [3.8, 4) is 0 Å². The minimum absolute atomic E-state index is 0. The number of carboxylic acid groups (broad SMARTS) is 1. The molecule has 4 N–H and O–H groups in total. The number of hydrogen-bond donors (Lipinski definition) is 2. The predicted molar refractivity (Wildman–Crippen MR) is 33.8 cm³/mol. The van der Waals surface area contributed by atoms with Gasteiger partial charge in [-0.1, -0.05) is 0 Å². The average Bonchev–Trinajstić information content (AvgIpc) is 2.17. The van der Waals surface area contributed by atoms with Gasteiger partial charge in [-0.2, -0.15) is 0 Å². The Bertz CT molecular complexity index is 46.6. The monoisotopic (exact) mass is 135 g/mol. The molecule has 0 aromatic rings. The van der Waals surface area contributed by atoms with Crippen LogP contribution in [-0.4, -0.2) is 24.8 Å². The molecular weight excluding hydrogens is 122 g/mol. The van der Waals surface area contributed by atoms with E-state index in [4.69, 9.17) is 14.6 Å². The summed E-state index contributed by atoms with van der Waals surface area (Å²) in [6.45, 7) is 1.75. The van der Waals surface area contributed by atoms with Crippen LogP contribution < -0.4 is 6.15 Å². The van der Waals surface area contributed by atoms with Crippen molar-refractivity contribution in [2.45, 2.75) is 12.8 Å². The van der Waals surface area contributed by atoms with Crippen LogP contribution in [0, 0.1) is 0 Å². The normalized spacial score (nSPS) is 14.7. The summed E-state index contributed by atoms with van der Waals surface area (Å²) in [5, 5.41) is 6.89. The average molecular weight is 135 g/mol. The van der Waals surface area contributed by atoms with Crippen LogP contribution in [0.4, 0.5) is 0 Å². The van der Waals surface area contributed by atoms with Gasteiger partial charge in [0.1, 0.15) is 0 Å². The lowest BCUT2D eigenvalue weighted by atomic mass is 10.4. The maximum Gasteiger partial charge on any atom is 0.290 e. The van der Waals surface area contributed by atoms with E-state index in [1.54, 1.807) is 0 Å². The van der Waals surface area contributed by atoms with E-state index >= 15 is 0 Å². The second-order valence-corrected chi connectivity index (χ2v) is 1.42. The van der Waals surface area contributed by atoms with E-state index in [0.717, 1.165) is 13.2 Å². The molecule has 1 heterocycles. The van der Waals surface area contributed by atoms with E-state index in [9.17, 15) is 0 Å². The first kappa shape index (κ1) is 11.2. The maximum atomic E-state index is 8.36. The smallest absolute Gasteiger partial charge is 0.290 e. The van der Waals surface area contributed by atoms with E-state index in [-0.39, 0.29) is 12.6 Å². The fourth-order valence-corrected chi connectivity index (χ4v) is 0.510. The Hall–Kier alpha value is -0.610.